The summed E-state index contributed by atoms with van der Waals surface area (Å²) in [6.07, 6.45) is -0.287. The molecule has 0 saturated heterocycles. The molecule has 3 N–H and O–H groups in total. The van der Waals surface area contributed by atoms with Crippen molar-refractivity contribution >= 4 is 35.6 Å². The number of halogens is 1. The lowest BCUT2D eigenvalue weighted by Crippen LogP contribution is -2.39. The lowest BCUT2D eigenvalue weighted by atomic mass is 10.0. The molecule has 11 heteroatoms. The molecule has 0 aliphatic rings. The van der Waals surface area contributed by atoms with Gasteiger partial charge in [-0.15, -0.1) is 0 Å². The summed E-state index contributed by atoms with van der Waals surface area (Å²) in [6, 6.07) is 7.03. The summed E-state index contributed by atoms with van der Waals surface area (Å²) in [5.41, 5.74) is 0.365. The highest BCUT2D eigenvalue weighted by Gasteiger charge is 2.21. The van der Waals surface area contributed by atoms with E-state index in [9.17, 15) is 19.2 Å². The Balaban J connectivity index is 1.97. The summed E-state index contributed by atoms with van der Waals surface area (Å²) in [5, 5.41) is 24.3. The van der Waals surface area contributed by atoms with Gasteiger partial charge in [-0.2, -0.15) is 5.10 Å². The van der Waals surface area contributed by atoms with Gasteiger partial charge in [-0.05, 0) is 24.1 Å². The molecule has 10 nitrogen and oxygen atoms in total. The smallest absolute Gasteiger partial charge is 0.415 e. The number of aromatic nitrogens is 2. The zero-order valence-corrected chi connectivity index (χ0v) is 15.1. The summed E-state index contributed by atoms with van der Waals surface area (Å²) < 4.78 is 5.43. The average molecular weight is 410 g/mol. The first-order valence-electron chi connectivity index (χ1n) is 7.97. The number of benzene rings is 1. The number of nitrogens with one attached hydrogen (secondary N) is 1. The third-order valence-electron chi connectivity index (χ3n) is 3.59. The van der Waals surface area contributed by atoms with Crippen LogP contribution in [0.15, 0.2) is 36.5 Å². The number of rotatable bonds is 8. The fourth-order valence-electron chi connectivity index (χ4n) is 2.41. The van der Waals surface area contributed by atoms with Gasteiger partial charge in [0.25, 0.3) is 0 Å². The Morgan fingerprint density at radius 3 is 2.54 bits per heavy atom. The van der Waals surface area contributed by atoms with Gasteiger partial charge in [0.2, 0.25) is 0 Å². The van der Waals surface area contributed by atoms with Gasteiger partial charge in [-0.1, -0.05) is 29.8 Å². The zero-order chi connectivity index (χ0) is 20.7. The molecule has 0 saturated carbocycles. The van der Waals surface area contributed by atoms with Crippen molar-refractivity contribution in [3.05, 3.63) is 52.8 Å². The molecule has 2 rings (SSSR count). The number of aromatic carboxylic acids is 1. The van der Waals surface area contributed by atoms with Crippen molar-refractivity contribution in [1.82, 2.24) is 15.1 Å². The first-order chi connectivity index (χ1) is 13.3. The molecule has 1 atom stereocenters. The fourth-order valence-corrected chi connectivity index (χ4v) is 2.62. The van der Waals surface area contributed by atoms with Crippen molar-refractivity contribution < 1.29 is 34.1 Å². The molecule has 1 heterocycles. The molecule has 0 aliphatic heterocycles. The van der Waals surface area contributed by atoms with Gasteiger partial charge in [0.1, 0.15) is 12.2 Å². The predicted molar refractivity (Wildman–Crippen MR) is 95.0 cm³/mol. The van der Waals surface area contributed by atoms with Crippen LogP contribution in [-0.2, 0) is 27.3 Å². The average Bonchev–Trinajstić information content (AvgIpc) is 3.04. The van der Waals surface area contributed by atoms with Crippen LogP contribution in [0.3, 0.4) is 0 Å². The highest BCUT2D eigenvalue weighted by atomic mass is 35.5. The van der Waals surface area contributed by atoms with Crippen LogP contribution in [0.25, 0.3) is 0 Å². The number of carboxylic acid groups (broad SMARTS) is 2. The molecule has 0 aliphatic carbocycles. The standard InChI is InChI=1S/C17H16ClN3O7/c18-12-4-2-1-3-10(12)7-11(8-14(22)23)20-17(27)28-15(24)9-21-13(16(25)26)5-6-19-21/h1-6,11H,7-9H2,(H,20,27)(H,22,23)(H,25,26)/t11-/m1/s1. The van der Waals surface area contributed by atoms with E-state index >= 15 is 0 Å². The molecular formula is C17H16ClN3O7. The molecule has 0 fully saturated rings. The van der Waals surface area contributed by atoms with Crippen molar-refractivity contribution in [2.24, 2.45) is 0 Å². The number of aliphatic carboxylic acids is 1. The van der Waals surface area contributed by atoms with E-state index in [1.807, 2.05) is 0 Å². The second-order valence-electron chi connectivity index (χ2n) is 5.68. The van der Waals surface area contributed by atoms with E-state index in [0.717, 1.165) is 4.68 Å². The number of esters is 1. The van der Waals surface area contributed by atoms with Crippen LogP contribution < -0.4 is 5.32 Å². The molecular weight excluding hydrogens is 394 g/mol. The van der Waals surface area contributed by atoms with Crippen molar-refractivity contribution in [2.45, 2.75) is 25.4 Å². The minimum Gasteiger partial charge on any atom is -0.481 e. The van der Waals surface area contributed by atoms with E-state index in [4.69, 9.17) is 21.8 Å². The van der Waals surface area contributed by atoms with Crippen LogP contribution in [0.2, 0.25) is 5.02 Å². The maximum absolute atomic E-state index is 11.9. The van der Waals surface area contributed by atoms with Gasteiger partial charge in [0.05, 0.1) is 6.42 Å². The Kier molecular flexibility index (Phi) is 7.10. The minimum atomic E-state index is -1.30. The number of hydrogen-bond acceptors (Lipinski definition) is 6. The molecule has 0 spiro atoms. The number of hydrogen-bond donors (Lipinski definition) is 3. The summed E-state index contributed by atoms with van der Waals surface area (Å²) in [5.74, 6) is -3.52. The van der Waals surface area contributed by atoms with Crippen molar-refractivity contribution in [1.29, 1.82) is 0 Å². The number of carbonyl (C=O) groups excluding carboxylic acids is 2. The topological polar surface area (TPSA) is 148 Å². The second kappa shape index (κ2) is 9.51. The van der Waals surface area contributed by atoms with Gasteiger partial charge >= 0.3 is 24.0 Å². The molecule has 0 unspecified atom stereocenters. The molecule has 0 radical (unpaired) electrons. The van der Waals surface area contributed by atoms with Crippen LogP contribution in [-0.4, -0.2) is 50.0 Å². The molecule has 1 aromatic carbocycles. The third kappa shape index (κ3) is 6.09. The van der Waals surface area contributed by atoms with Crippen LogP contribution in [0.4, 0.5) is 4.79 Å². The van der Waals surface area contributed by atoms with E-state index in [-0.39, 0.29) is 12.1 Å². The first-order valence-corrected chi connectivity index (χ1v) is 8.35. The largest absolute Gasteiger partial charge is 0.481 e. The molecule has 1 amide bonds. The fraction of sp³-hybridized carbons (Fsp3) is 0.235. The Labute approximate surface area is 163 Å². The van der Waals surface area contributed by atoms with Crippen LogP contribution >= 0.6 is 11.6 Å². The molecule has 28 heavy (non-hydrogen) atoms. The van der Waals surface area contributed by atoms with Gasteiger partial charge in [0.15, 0.2) is 0 Å². The Morgan fingerprint density at radius 2 is 1.89 bits per heavy atom. The van der Waals surface area contributed by atoms with Crippen LogP contribution in [0.1, 0.15) is 22.5 Å². The monoisotopic (exact) mass is 409 g/mol. The summed E-state index contributed by atoms with van der Waals surface area (Å²) >= 11 is 6.04. The lowest BCUT2D eigenvalue weighted by Gasteiger charge is -2.17. The molecule has 2 aromatic rings. The molecule has 148 valence electrons. The molecule has 0 bridgehead atoms. The minimum absolute atomic E-state index is 0.109. The maximum Gasteiger partial charge on any atom is 0.415 e. The van der Waals surface area contributed by atoms with Crippen molar-refractivity contribution in [2.75, 3.05) is 0 Å². The normalized spacial score (nSPS) is 11.5. The maximum atomic E-state index is 11.9. The van der Waals surface area contributed by atoms with Gasteiger partial charge < -0.3 is 20.3 Å². The lowest BCUT2D eigenvalue weighted by molar-refractivity contribution is -0.138. The summed E-state index contributed by atoms with van der Waals surface area (Å²) in [7, 11) is 0. The quantitative estimate of drug-likeness (QED) is 0.439. The summed E-state index contributed by atoms with van der Waals surface area (Å²) in [4.78, 5) is 45.8. The predicted octanol–water partition coefficient (Wildman–Crippen LogP) is 1.57. The highest BCUT2D eigenvalue weighted by molar-refractivity contribution is 6.31. The molecule has 1 aromatic heterocycles. The van der Waals surface area contributed by atoms with E-state index in [1.54, 1.807) is 24.3 Å². The third-order valence-corrected chi connectivity index (χ3v) is 3.96. The van der Waals surface area contributed by atoms with E-state index < -0.39 is 43.0 Å². The Hall–Kier alpha value is -3.40. The number of alkyl carbamates (subject to hydrolysis) is 1. The number of amides is 1. The first kappa shape index (κ1) is 20.9. The van der Waals surface area contributed by atoms with Crippen LogP contribution in [0.5, 0.6) is 0 Å². The number of nitrogens with zero attached hydrogens (tertiary/aromatic N) is 2. The second-order valence-corrected chi connectivity index (χ2v) is 6.08. The van der Waals surface area contributed by atoms with Crippen molar-refractivity contribution in [3.63, 3.8) is 0 Å². The van der Waals surface area contributed by atoms with Crippen LogP contribution in [0, 0.1) is 0 Å². The SMILES string of the molecule is O=C(O)C[C@@H](Cc1ccccc1Cl)NC(=O)OC(=O)Cn1nccc1C(=O)O. The summed E-state index contributed by atoms with van der Waals surface area (Å²) in [6.45, 7) is -0.601. The number of ether oxygens (including phenoxy) is 1. The highest BCUT2D eigenvalue weighted by Crippen LogP contribution is 2.17. The van der Waals surface area contributed by atoms with Gasteiger partial charge in [-0.25, -0.2) is 19.1 Å². The number of carboxylic acids is 2. The van der Waals surface area contributed by atoms with Gasteiger partial charge in [-0.3, -0.25) is 4.79 Å². The van der Waals surface area contributed by atoms with Crippen molar-refractivity contribution in [3.8, 4) is 0 Å². The van der Waals surface area contributed by atoms with Gasteiger partial charge in [0, 0.05) is 17.3 Å². The Morgan fingerprint density at radius 1 is 1.18 bits per heavy atom. The zero-order valence-electron chi connectivity index (χ0n) is 14.4. The van der Waals surface area contributed by atoms with E-state index in [0.29, 0.717) is 10.6 Å². The number of carbonyl (C=O) groups is 4. The van der Waals surface area contributed by atoms with E-state index in [1.165, 1.54) is 12.3 Å². The van der Waals surface area contributed by atoms with E-state index in [2.05, 4.69) is 15.2 Å². The Bertz CT molecular complexity index is 896.